The van der Waals surface area contributed by atoms with Crippen molar-refractivity contribution in [1.82, 2.24) is 10.6 Å². The minimum absolute atomic E-state index is 0.808. The molecule has 7 rings (SSSR count). The third-order valence-corrected chi connectivity index (χ3v) is 16.8. The van der Waals surface area contributed by atoms with E-state index in [2.05, 4.69) is 10.6 Å². The Hall–Kier alpha value is -2.95. The zero-order valence-electron chi connectivity index (χ0n) is 49.2. The van der Waals surface area contributed by atoms with E-state index < -0.39 is 291 Å². The monoisotopic (exact) mass is 1330 g/mol. The number of methoxy groups -OCH3 is 1. The lowest BCUT2D eigenvalue weighted by Gasteiger charge is -2.51. The number of hydrogen-bond donors (Lipinski definition) is 23. The summed E-state index contributed by atoms with van der Waals surface area (Å²) in [5, 5.41) is 233. The van der Waals surface area contributed by atoms with Crippen molar-refractivity contribution in [3.63, 3.8) is 0 Å². The maximum Gasteiger partial charge on any atom is 0.364 e. The van der Waals surface area contributed by atoms with Gasteiger partial charge in [0.2, 0.25) is 11.8 Å². The average Bonchev–Trinajstić information content (AvgIpc) is 0.820. The van der Waals surface area contributed by atoms with Crippen molar-refractivity contribution in [3.05, 3.63) is 0 Å². The molecule has 0 aromatic heterocycles. The summed E-state index contributed by atoms with van der Waals surface area (Å²) in [6.07, 6.45) is -65.2. The molecule has 528 valence electrons. The van der Waals surface area contributed by atoms with E-state index in [1.54, 1.807) is 0 Å². The summed E-state index contributed by atoms with van der Waals surface area (Å²) >= 11 is 0. The van der Waals surface area contributed by atoms with Crippen LogP contribution in [0, 0.1) is 0 Å². The molecule has 0 saturated carbocycles. The normalized spacial score (nSPS) is 48.1. The summed E-state index contributed by atoms with van der Waals surface area (Å²) in [4.78, 5) is 37.9. The molecule has 7 saturated heterocycles. The maximum atomic E-state index is 13.1. The first-order valence-corrected chi connectivity index (χ1v) is 29.0. The number of aliphatic hydroxyl groups is 20. The quantitative estimate of drug-likeness (QED) is 0.0404. The molecule has 91 heavy (non-hydrogen) atoms. The molecule has 0 bridgehead atoms. The van der Waals surface area contributed by atoms with Gasteiger partial charge >= 0.3 is 5.97 Å². The first kappa shape index (κ1) is 75.4. The fourth-order valence-corrected chi connectivity index (χ4v) is 11.9. The van der Waals surface area contributed by atoms with Gasteiger partial charge < -0.3 is 184 Å². The Morgan fingerprint density at radius 2 is 0.923 bits per heavy atom. The van der Waals surface area contributed by atoms with Crippen LogP contribution in [0.5, 0.6) is 0 Å². The lowest BCUT2D eigenvalue weighted by atomic mass is 9.88. The predicted octanol–water partition coefficient (Wildman–Crippen LogP) is -15.1. The van der Waals surface area contributed by atoms with E-state index in [0.717, 1.165) is 21.0 Å². The number of carboxylic acids is 1. The van der Waals surface area contributed by atoms with Gasteiger partial charge in [-0.2, -0.15) is 0 Å². The van der Waals surface area contributed by atoms with Gasteiger partial charge in [0.1, 0.15) is 165 Å². The van der Waals surface area contributed by atoms with Gasteiger partial charge in [-0.15, -0.1) is 0 Å². The third-order valence-electron chi connectivity index (χ3n) is 16.8. The zero-order chi connectivity index (χ0) is 67.4. The number of aliphatic hydroxyl groups excluding tert-OH is 20. The van der Waals surface area contributed by atoms with E-state index in [9.17, 15) is 122 Å². The summed E-state index contributed by atoms with van der Waals surface area (Å²) < 4.78 is 81.3. The van der Waals surface area contributed by atoms with Gasteiger partial charge in [0.15, 0.2) is 31.5 Å². The minimum Gasteiger partial charge on any atom is -0.477 e. The van der Waals surface area contributed by atoms with Crippen LogP contribution in [0.4, 0.5) is 0 Å². The van der Waals surface area contributed by atoms with Crippen LogP contribution in [-0.2, 0) is 80.7 Å². The number of rotatable bonds is 25. The van der Waals surface area contributed by atoms with Crippen LogP contribution < -0.4 is 10.6 Å². The molecule has 0 radical (unpaired) electrons. The molecule has 7 heterocycles. The fraction of sp³-hybridized carbons (Fsp3) is 0.941. The molecule has 15 unspecified atom stereocenters. The Bertz CT molecular complexity index is 2310. The molecule has 7 aliphatic heterocycles. The van der Waals surface area contributed by atoms with Crippen molar-refractivity contribution in [3.8, 4) is 0 Å². The number of nitrogens with one attached hydrogen (secondary N) is 2. The Kier molecular flexibility index (Phi) is 26.9. The summed E-state index contributed by atoms with van der Waals surface area (Å²) in [6.45, 7) is -3.72. The molecular formula is C51H86N2O38. The van der Waals surface area contributed by atoms with Crippen molar-refractivity contribution < 1.29 is 188 Å². The van der Waals surface area contributed by atoms with Gasteiger partial charge in [-0.05, 0) is 6.92 Å². The van der Waals surface area contributed by atoms with Gasteiger partial charge in [-0.1, -0.05) is 0 Å². The van der Waals surface area contributed by atoms with Gasteiger partial charge in [0, 0.05) is 27.4 Å². The highest BCUT2D eigenvalue weighted by atomic mass is 16.8. The number of carbonyl (C=O) groups excluding carboxylic acids is 2. The molecule has 0 aliphatic carbocycles. The summed E-state index contributed by atoms with van der Waals surface area (Å²) in [6, 6.07) is -3.45. The smallest absolute Gasteiger partial charge is 0.364 e. The second kappa shape index (κ2) is 32.4. The highest BCUT2D eigenvalue weighted by molar-refractivity contribution is 5.76. The maximum absolute atomic E-state index is 13.1. The van der Waals surface area contributed by atoms with Crippen LogP contribution in [0.2, 0.25) is 0 Å². The second-order valence-electron chi connectivity index (χ2n) is 23.0. The topological polar surface area (TPSA) is 629 Å². The molecule has 0 spiro atoms. The van der Waals surface area contributed by atoms with Gasteiger partial charge in [0.25, 0.3) is 5.79 Å². The first-order chi connectivity index (χ1) is 43.0. The number of carbonyl (C=O) groups is 3. The largest absolute Gasteiger partial charge is 0.477 e. The Balaban J connectivity index is 1.11. The van der Waals surface area contributed by atoms with Crippen molar-refractivity contribution >= 4 is 17.8 Å². The van der Waals surface area contributed by atoms with Crippen molar-refractivity contribution in [2.75, 3.05) is 53.4 Å². The van der Waals surface area contributed by atoms with E-state index in [-0.39, 0.29) is 0 Å². The number of amides is 2. The van der Waals surface area contributed by atoms with E-state index in [4.69, 9.17) is 66.3 Å². The minimum atomic E-state index is -3.20. The van der Waals surface area contributed by atoms with Crippen LogP contribution in [-0.4, -0.2) is 399 Å². The SMILES string of the molecule is CO[C@@H]1C(CO[C@@H]2OC(CO)[C@@H](O[C@@H]3OC(CO)[C@H](O)C(O[C@]4(C(=O)O)C[C@@H](O)[C@@H](NC(C)=O)C(C(O)C(O)CO)O4)[C@@H]3O)C(O)[C@@H]2NC(C)=O)O[C@H](O[C@H]2C(CO)O[C@@H](O[C@@H]3C(CO)O[C@@H](C)[C@@H](O)C3O)C(O)[C@H]2O[C@@H]2OC(CO)[C@@H](O)[C@H](O)C2O)C(O)[C@H]1O. The lowest BCUT2D eigenvalue weighted by Crippen LogP contribution is -2.71. The van der Waals surface area contributed by atoms with Crippen molar-refractivity contribution in [2.24, 2.45) is 0 Å². The van der Waals surface area contributed by atoms with Crippen LogP contribution in [0.3, 0.4) is 0 Å². The molecule has 0 aromatic carbocycles. The molecule has 7 aliphatic rings. The van der Waals surface area contributed by atoms with Gasteiger partial charge in [-0.3, -0.25) is 9.59 Å². The van der Waals surface area contributed by atoms with Crippen LogP contribution in [0.15, 0.2) is 0 Å². The molecule has 0 aromatic rings. The van der Waals surface area contributed by atoms with Crippen LogP contribution >= 0.6 is 0 Å². The molecule has 36 atom stereocenters. The molecule has 7 fully saturated rings. The Morgan fingerprint density at radius 1 is 0.484 bits per heavy atom. The molecule has 23 N–H and O–H groups in total. The fourth-order valence-electron chi connectivity index (χ4n) is 11.9. The van der Waals surface area contributed by atoms with Gasteiger partial charge in [0.05, 0.1) is 64.5 Å². The van der Waals surface area contributed by atoms with E-state index in [1.807, 2.05) is 0 Å². The second-order valence-corrected chi connectivity index (χ2v) is 23.0. The molecule has 40 heteroatoms. The summed E-state index contributed by atoms with van der Waals surface area (Å²) in [5.41, 5.74) is 0. The van der Waals surface area contributed by atoms with Crippen LogP contribution in [0.1, 0.15) is 27.2 Å². The molecule has 2 amide bonds. The standard InChI is InChI=1S/C51H86N2O38/c1-13-26(64)32(70)40(20(9-57)80-13)87-49-37(75)44(89-46-34(72)31(69)28(66)18(7-55)81-46)41(22(11-59)84-49)88-47-35(73)33(71)38(78-4)23(85-47)12-79-45-25(53-15(3)61)30(68)39(21(10-58)83-45)86-48-36(74)43(29(67)19(8-56)82-48)91-51(50(76)77)5-16(62)24(52-14(2)60)42(90-51)27(65)17(63)6-54/h13,16-49,54-59,62-75H,5-12H2,1-4H3,(H,52,60)(H,53,61)(H,76,77)/t13-,16+,17?,18?,19?,20?,21?,22?,23?,24+,25-,26+,27?,28+,29-,30?,31-,32?,33+,34?,35?,36-,37?,38+,39+,40+,41-,42?,43?,44+,45+,46-,47+,48-,49-,51-/m0/s1. The Labute approximate surface area is 516 Å². The lowest BCUT2D eigenvalue weighted by molar-refractivity contribution is -0.398. The molecular weight excluding hydrogens is 1250 g/mol. The van der Waals surface area contributed by atoms with Gasteiger partial charge in [-0.25, -0.2) is 4.79 Å². The number of hydrogen-bond acceptors (Lipinski definition) is 37. The van der Waals surface area contributed by atoms with E-state index in [0.29, 0.717) is 0 Å². The Morgan fingerprint density at radius 3 is 1.46 bits per heavy atom. The highest BCUT2D eigenvalue weighted by Crippen LogP contribution is 2.40. The van der Waals surface area contributed by atoms with Crippen molar-refractivity contribution in [1.29, 1.82) is 0 Å². The summed E-state index contributed by atoms with van der Waals surface area (Å²) in [7, 11) is 1.07. The number of aliphatic carboxylic acids is 1. The van der Waals surface area contributed by atoms with Crippen molar-refractivity contribution in [2.45, 2.75) is 247 Å². The predicted molar refractivity (Wildman–Crippen MR) is 280 cm³/mol. The first-order valence-electron chi connectivity index (χ1n) is 29.0. The third kappa shape index (κ3) is 16.2. The molecule has 40 nitrogen and oxygen atoms in total. The number of carboxylic acid groups (broad SMARTS) is 1. The highest BCUT2D eigenvalue weighted by Gasteiger charge is 2.62. The number of ether oxygens (including phenoxy) is 14. The van der Waals surface area contributed by atoms with E-state index in [1.165, 1.54) is 6.92 Å². The van der Waals surface area contributed by atoms with Crippen LogP contribution in [0.25, 0.3) is 0 Å². The zero-order valence-corrected chi connectivity index (χ0v) is 49.2. The van der Waals surface area contributed by atoms with E-state index >= 15 is 0 Å². The average molecular weight is 1340 g/mol. The summed E-state index contributed by atoms with van der Waals surface area (Å²) in [5.74, 6) is -6.98.